The largest absolute Gasteiger partial charge is 0.504 e. The molecule has 0 amide bonds. The zero-order valence-electron chi connectivity index (χ0n) is 12.5. The van der Waals surface area contributed by atoms with E-state index in [9.17, 15) is 15.0 Å². The quantitative estimate of drug-likeness (QED) is 0.740. The molecule has 2 fully saturated rings. The summed E-state index contributed by atoms with van der Waals surface area (Å²) >= 11 is 0. The molecule has 5 nitrogen and oxygen atoms in total. The van der Waals surface area contributed by atoms with Gasteiger partial charge in [0.25, 0.3) is 0 Å². The van der Waals surface area contributed by atoms with E-state index in [-0.39, 0.29) is 17.6 Å². The van der Waals surface area contributed by atoms with Crippen LogP contribution >= 0.6 is 0 Å². The minimum atomic E-state index is -0.954. The third kappa shape index (κ3) is 1.13. The first-order valence-electron chi connectivity index (χ1n) is 7.96. The van der Waals surface area contributed by atoms with Crippen molar-refractivity contribution in [3.05, 3.63) is 23.3 Å². The second-order valence-corrected chi connectivity index (χ2v) is 7.26. The van der Waals surface area contributed by atoms with Crippen molar-refractivity contribution in [2.24, 2.45) is 0 Å². The summed E-state index contributed by atoms with van der Waals surface area (Å²) in [5.41, 5.74) is 0.370. The lowest BCUT2D eigenvalue weighted by Gasteiger charge is -2.61. The van der Waals surface area contributed by atoms with Crippen LogP contribution in [0.1, 0.15) is 30.4 Å². The number of rotatable bonds is 0. The van der Waals surface area contributed by atoms with Crippen LogP contribution in [0.5, 0.6) is 11.5 Å². The second kappa shape index (κ2) is 3.66. The van der Waals surface area contributed by atoms with Gasteiger partial charge in [0, 0.05) is 18.0 Å². The van der Waals surface area contributed by atoms with Crippen LogP contribution in [-0.4, -0.2) is 52.2 Å². The maximum Gasteiger partial charge on any atom is 0.174 e. The lowest BCUT2D eigenvalue weighted by molar-refractivity contribution is -0.185. The molecule has 2 bridgehead atoms. The molecule has 1 unspecified atom stereocenters. The number of benzene rings is 1. The van der Waals surface area contributed by atoms with Gasteiger partial charge >= 0.3 is 0 Å². The van der Waals surface area contributed by atoms with Crippen LogP contribution in [0.15, 0.2) is 12.1 Å². The highest BCUT2D eigenvalue weighted by Gasteiger charge is 2.72. The number of ketones is 1. The van der Waals surface area contributed by atoms with Crippen LogP contribution < -0.4 is 4.74 Å². The van der Waals surface area contributed by atoms with Crippen LogP contribution in [-0.2, 0) is 16.6 Å². The molecule has 1 saturated carbocycles. The van der Waals surface area contributed by atoms with E-state index in [1.54, 1.807) is 6.07 Å². The van der Waals surface area contributed by atoms with Crippen molar-refractivity contribution in [3.8, 4) is 11.5 Å². The van der Waals surface area contributed by atoms with Gasteiger partial charge in [-0.1, -0.05) is 6.07 Å². The number of piperidine rings is 1. The van der Waals surface area contributed by atoms with Crippen LogP contribution in [0.2, 0.25) is 0 Å². The average Bonchev–Trinajstić information content (AvgIpc) is 2.85. The fourth-order valence-electron chi connectivity index (χ4n) is 5.54. The predicted octanol–water partition coefficient (Wildman–Crippen LogP) is 0.745. The Morgan fingerprint density at radius 3 is 3.00 bits per heavy atom. The topological polar surface area (TPSA) is 70.0 Å². The molecule has 0 aromatic heterocycles. The maximum atomic E-state index is 12.5. The van der Waals surface area contributed by atoms with Crippen LogP contribution in [0.3, 0.4) is 0 Å². The summed E-state index contributed by atoms with van der Waals surface area (Å²) in [5.74, 6) is 0.561. The van der Waals surface area contributed by atoms with Crippen LogP contribution in [0, 0.1) is 0 Å². The Bertz CT molecular complexity index is 717. The first-order valence-corrected chi connectivity index (χ1v) is 7.96. The smallest absolute Gasteiger partial charge is 0.174 e. The Morgan fingerprint density at radius 2 is 2.18 bits per heavy atom. The Hall–Kier alpha value is -1.59. The molecule has 0 radical (unpaired) electrons. The number of nitrogens with zero attached hydrogens (tertiary/aromatic N) is 1. The summed E-state index contributed by atoms with van der Waals surface area (Å²) in [6, 6.07) is 3.57. The van der Waals surface area contributed by atoms with Gasteiger partial charge in [-0.25, -0.2) is 0 Å². The number of ether oxygens (including phenoxy) is 1. The van der Waals surface area contributed by atoms with Crippen molar-refractivity contribution in [2.45, 2.75) is 48.8 Å². The lowest BCUT2D eigenvalue weighted by atomic mass is 9.49. The van der Waals surface area contributed by atoms with Crippen molar-refractivity contribution < 1.29 is 19.7 Å². The number of Topliss-reactive ketones (excluding diaryl/α,β-unsaturated/α-hetero) is 1. The average molecular weight is 301 g/mol. The van der Waals surface area contributed by atoms with Gasteiger partial charge in [-0.05, 0) is 44.5 Å². The molecule has 5 heteroatoms. The van der Waals surface area contributed by atoms with E-state index in [2.05, 4.69) is 4.90 Å². The van der Waals surface area contributed by atoms with E-state index < -0.39 is 17.1 Å². The normalized spacial score (nSPS) is 42.0. The highest BCUT2D eigenvalue weighted by atomic mass is 16.5. The number of aromatic hydroxyl groups is 1. The summed E-state index contributed by atoms with van der Waals surface area (Å²) < 4.78 is 5.94. The number of carbonyl (C=O) groups excluding carboxylic acids is 1. The SMILES string of the molecule is CN1CC[C@]23c4c5ccc(O)c4O[C@H]2C(=O)CCC3(O)[C@H]1C5. The number of aliphatic hydroxyl groups is 1. The van der Waals surface area contributed by atoms with Gasteiger partial charge in [-0.15, -0.1) is 0 Å². The van der Waals surface area contributed by atoms with Gasteiger partial charge < -0.3 is 19.8 Å². The minimum absolute atomic E-state index is 0.00319. The number of hydrogen-bond donors (Lipinski definition) is 2. The van der Waals surface area contributed by atoms with E-state index in [4.69, 9.17) is 4.74 Å². The molecular formula is C17H19NO4. The highest BCUT2D eigenvalue weighted by Crippen LogP contribution is 2.64. The fraction of sp³-hybridized carbons (Fsp3) is 0.588. The molecule has 2 aliphatic carbocycles. The van der Waals surface area contributed by atoms with Crippen molar-refractivity contribution in [3.63, 3.8) is 0 Å². The molecule has 1 saturated heterocycles. The fourth-order valence-corrected chi connectivity index (χ4v) is 5.54. The number of likely N-dealkylation sites (N-methyl/N-ethyl adjacent to an activating group) is 1. The van der Waals surface area contributed by atoms with Gasteiger partial charge in [0.2, 0.25) is 0 Å². The third-order valence-corrected chi connectivity index (χ3v) is 6.53. The monoisotopic (exact) mass is 301 g/mol. The number of phenolic OH excluding ortho intramolecular Hbond substituents is 1. The minimum Gasteiger partial charge on any atom is -0.504 e. The third-order valence-electron chi connectivity index (χ3n) is 6.53. The Kier molecular flexibility index (Phi) is 2.15. The molecule has 5 rings (SSSR count). The molecule has 2 heterocycles. The van der Waals surface area contributed by atoms with Gasteiger partial charge in [0.15, 0.2) is 23.4 Å². The van der Waals surface area contributed by atoms with E-state index in [1.807, 2.05) is 13.1 Å². The standard InChI is InChI=1S/C17H19NO4/c1-18-7-6-16-13-9-2-3-10(19)14(13)22-15(16)11(20)4-5-17(16,21)12(18)8-9/h2-3,12,15,19,21H,4-8H2,1H3/t12-,15+,16+,17?/m1/s1. The maximum absolute atomic E-state index is 12.5. The Labute approximate surface area is 128 Å². The molecule has 22 heavy (non-hydrogen) atoms. The Morgan fingerprint density at radius 1 is 1.36 bits per heavy atom. The second-order valence-electron chi connectivity index (χ2n) is 7.26. The summed E-state index contributed by atoms with van der Waals surface area (Å²) in [6.45, 7) is 0.828. The predicted molar refractivity (Wildman–Crippen MR) is 78.1 cm³/mol. The zero-order chi connectivity index (χ0) is 15.3. The first kappa shape index (κ1) is 12.9. The lowest BCUT2D eigenvalue weighted by Crippen LogP contribution is -2.76. The van der Waals surface area contributed by atoms with E-state index in [1.165, 1.54) is 0 Å². The zero-order valence-corrected chi connectivity index (χ0v) is 12.5. The molecule has 1 spiro atoms. The summed E-state index contributed by atoms with van der Waals surface area (Å²) in [6.07, 6.45) is 1.61. The van der Waals surface area contributed by atoms with E-state index >= 15 is 0 Å². The number of likely N-dealkylation sites (tertiary alicyclic amines) is 1. The van der Waals surface area contributed by atoms with Crippen molar-refractivity contribution in [1.29, 1.82) is 0 Å². The van der Waals surface area contributed by atoms with Gasteiger partial charge in [0.05, 0.1) is 11.0 Å². The van der Waals surface area contributed by atoms with Gasteiger partial charge in [0.1, 0.15) is 0 Å². The molecule has 2 aliphatic heterocycles. The number of carbonyl (C=O) groups is 1. The molecule has 116 valence electrons. The first-order chi connectivity index (χ1) is 10.5. The molecule has 4 atom stereocenters. The number of phenols is 1. The molecule has 1 aromatic rings. The summed E-state index contributed by atoms with van der Waals surface area (Å²) in [7, 11) is 2.04. The van der Waals surface area contributed by atoms with Crippen molar-refractivity contribution in [1.82, 2.24) is 4.90 Å². The molecule has 1 aromatic carbocycles. The van der Waals surface area contributed by atoms with Crippen molar-refractivity contribution in [2.75, 3.05) is 13.6 Å². The van der Waals surface area contributed by atoms with Crippen LogP contribution in [0.4, 0.5) is 0 Å². The van der Waals surface area contributed by atoms with Crippen molar-refractivity contribution >= 4 is 5.78 Å². The van der Waals surface area contributed by atoms with E-state index in [0.29, 0.717) is 25.0 Å². The highest BCUT2D eigenvalue weighted by molar-refractivity contribution is 5.90. The molecule has 4 aliphatic rings. The molecule has 2 N–H and O–H groups in total. The Balaban J connectivity index is 1.88. The molecular weight excluding hydrogens is 282 g/mol. The summed E-state index contributed by atoms with van der Waals surface area (Å²) in [4.78, 5) is 14.7. The van der Waals surface area contributed by atoms with Gasteiger partial charge in [-0.3, -0.25) is 4.79 Å². The van der Waals surface area contributed by atoms with E-state index in [0.717, 1.165) is 24.1 Å². The van der Waals surface area contributed by atoms with Crippen LogP contribution in [0.25, 0.3) is 0 Å². The number of hydrogen-bond acceptors (Lipinski definition) is 5. The van der Waals surface area contributed by atoms with Gasteiger partial charge in [-0.2, -0.15) is 0 Å². The summed E-state index contributed by atoms with van der Waals surface area (Å²) in [5, 5.41) is 21.8.